The van der Waals surface area contributed by atoms with Gasteiger partial charge in [0.25, 0.3) is 0 Å². The lowest BCUT2D eigenvalue weighted by atomic mass is 10.1. The molecule has 0 aliphatic heterocycles. The molecule has 0 bridgehead atoms. The molecule has 0 saturated carbocycles. The molecule has 1 rings (SSSR count). The molecule has 19 heavy (non-hydrogen) atoms. The molecule has 0 heterocycles. The highest BCUT2D eigenvalue weighted by molar-refractivity contribution is 7.80. The van der Waals surface area contributed by atoms with Crippen molar-refractivity contribution in [1.82, 2.24) is 10.6 Å². The molecule has 5 heteroatoms. The van der Waals surface area contributed by atoms with Crippen LogP contribution in [-0.4, -0.2) is 46.0 Å². The number of thiocarbonyl (C=S) groups is 1. The highest BCUT2D eigenvalue weighted by Gasteiger charge is 1.98. The van der Waals surface area contributed by atoms with Gasteiger partial charge in [0.2, 0.25) is 0 Å². The number of benzene rings is 1. The molecule has 0 saturated heterocycles. The normalized spacial score (nSPS) is 10.3. The van der Waals surface area contributed by atoms with Crippen LogP contribution >= 0.6 is 12.2 Å². The van der Waals surface area contributed by atoms with E-state index in [9.17, 15) is 0 Å². The summed E-state index contributed by atoms with van der Waals surface area (Å²) in [6.45, 7) is 2.80. The summed E-state index contributed by atoms with van der Waals surface area (Å²) < 4.78 is 5.13. The third-order valence-electron chi connectivity index (χ3n) is 2.77. The van der Waals surface area contributed by atoms with Crippen molar-refractivity contribution in [2.75, 3.05) is 40.8 Å². The fourth-order valence-corrected chi connectivity index (χ4v) is 1.81. The van der Waals surface area contributed by atoms with E-state index in [-0.39, 0.29) is 0 Å². The van der Waals surface area contributed by atoms with Gasteiger partial charge in [0.15, 0.2) is 5.11 Å². The van der Waals surface area contributed by atoms with E-state index in [0.29, 0.717) is 0 Å². The van der Waals surface area contributed by atoms with Crippen molar-refractivity contribution in [3.05, 3.63) is 29.8 Å². The summed E-state index contributed by atoms with van der Waals surface area (Å²) in [5.41, 5.74) is 1.27. The predicted molar refractivity (Wildman–Crippen MR) is 83.0 cm³/mol. The molecular formula is C14H24N3OS+. The average molecular weight is 282 g/mol. The third-order valence-corrected chi connectivity index (χ3v) is 3.06. The van der Waals surface area contributed by atoms with Crippen LogP contribution in [0.2, 0.25) is 0 Å². The Hall–Kier alpha value is -1.33. The first-order chi connectivity index (χ1) is 9.11. The van der Waals surface area contributed by atoms with E-state index in [0.717, 1.165) is 36.9 Å². The molecule has 1 aromatic carbocycles. The average Bonchev–Trinajstić information content (AvgIpc) is 2.39. The maximum absolute atomic E-state index is 5.21. The maximum atomic E-state index is 5.21. The quantitative estimate of drug-likeness (QED) is 0.608. The van der Waals surface area contributed by atoms with Crippen LogP contribution in [0.25, 0.3) is 0 Å². The molecular weight excluding hydrogens is 258 g/mol. The molecule has 0 aromatic heterocycles. The summed E-state index contributed by atoms with van der Waals surface area (Å²) in [4.78, 5) is 1.41. The number of nitrogens with one attached hydrogen (secondary N) is 3. The molecule has 3 N–H and O–H groups in total. The summed E-state index contributed by atoms with van der Waals surface area (Å²) in [7, 11) is 5.93. The van der Waals surface area contributed by atoms with Gasteiger partial charge in [-0.25, -0.2) is 0 Å². The Morgan fingerprint density at radius 1 is 1.16 bits per heavy atom. The van der Waals surface area contributed by atoms with Crippen LogP contribution in [0.1, 0.15) is 5.56 Å². The molecule has 0 aliphatic rings. The van der Waals surface area contributed by atoms with Gasteiger partial charge in [-0.15, -0.1) is 0 Å². The molecule has 0 aliphatic carbocycles. The Kier molecular flexibility index (Phi) is 7.22. The molecule has 0 amide bonds. The zero-order valence-electron chi connectivity index (χ0n) is 12.0. The molecule has 0 radical (unpaired) electrons. The number of quaternary nitrogens is 1. The third kappa shape index (κ3) is 6.98. The van der Waals surface area contributed by atoms with Crippen molar-refractivity contribution >= 4 is 17.3 Å². The van der Waals surface area contributed by atoms with E-state index < -0.39 is 0 Å². The topological polar surface area (TPSA) is 37.7 Å². The molecule has 0 fully saturated rings. The Labute approximate surface area is 121 Å². The Balaban J connectivity index is 2.16. The van der Waals surface area contributed by atoms with E-state index in [2.05, 4.69) is 36.9 Å². The lowest BCUT2D eigenvalue weighted by molar-refractivity contribution is -0.856. The smallest absolute Gasteiger partial charge is 0.166 e. The lowest BCUT2D eigenvalue weighted by Crippen LogP contribution is -3.06. The SMILES string of the molecule is COc1ccc(CCNC(=S)NCC[NH+](C)C)cc1. The van der Waals surface area contributed by atoms with Gasteiger partial charge in [-0.2, -0.15) is 0 Å². The highest BCUT2D eigenvalue weighted by atomic mass is 32.1. The van der Waals surface area contributed by atoms with Crippen LogP contribution in [-0.2, 0) is 6.42 Å². The van der Waals surface area contributed by atoms with Gasteiger partial charge >= 0.3 is 0 Å². The lowest BCUT2D eigenvalue weighted by Gasteiger charge is -2.12. The van der Waals surface area contributed by atoms with Crippen LogP contribution in [0.4, 0.5) is 0 Å². The fraction of sp³-hybridized carbons (Fsp3) is 0.500. The highest BCUT2D eigenvalue weighted by Crippen LogP contribution is 2.11. The Morgan fingerprint density at radius 2 is 1.79 bits per heavy atom. The van der Waals surface area contributed by atoms with Crippen molar-refractivity contribution in [2.24, 2.45) is 0 Å². The maximum Gasteiger partial charge on any atom is 0.166 e. The van der Waals surface area contributed by atoms with Crippen molar-refractivity contribution < 1.29 is 9.64 Å². The van der Waals surface area contributed by atoms with Crippen LogP contribution in [0.15, 0.2) is 24.3 Å². The minimum absolute atomic E-state index is 0.731. The van der Waals surface area contributed by atoms with Gasteiger partial charge in [-0.1, -0.05) is 12.1 Å². The second-order valence-corrected chi connectivity index (χ2v) is 5.15. The Bertz CT molecular complexity index is 379. The number of rotatable bonds is 7. The van der Waals surface area contributed by atoms with Crippen LogP contribution in [0, 0.1) is 0 Å². The zero-order chi connectivity index (χ0) is 14.1. The van der Waals surface area contributed by atoms with Crippen LogP contribution < -0.4 is 20.3 Å². The summed E-state index contributed by atoms with van der Waals surface area (Å²) >= 11 is 5.21. The van der Waals surface area contributed by atoms with E-state index in [1.807, 2.05) is 12.1 Å². The summed E-state index contributed by atoms with van der Waals surface area (Å²) in [5, 5.41) is 7.14. The van der Waals surface area contributed by atoms with Crippen LogP contribution in [0.5, 0.6) is 5.75 Å². The van der Waals surface area contributed by atoms with E-state index in [1.54, 1.807) is 7.11 Å². The van der Waals surface area contributed by atoms with E-state index in [1.165, 1.54) is 10.5 Å². The van der Waals surface area contributed by atoms with Gasteiger partial charge in [0.05, 0.1) is 34.3 Å². The molecule has 0 atom stereocenters. The standard InChI is InChI=1S/C14H23N3OS/c1-17(2)11-10-16-14(19)15-9-8-12-4-6-13(18-3)7-5-12/h4-7H,8-11H2,1-3H3,(H2,15,16,19)/p+1. The first kappa shape index (κ1) is 15.7. The zero-order valence-corrected chi connectivity index (χ0v) is 12.8. The Morgan fingerprint density at radius 3 is 2.37 bits per heavy atom. The second-order valence-electron chi connectivity index (χ2n) is 4.74. The summed E-state index contributed by atoms with van der Waals surface area (Å²) in [6.07, 6.45) is 0.949. The fourth-order valence-electron chi connectivity index (χ4n) is 1.60. The van der Waals surface area contributed by atoms with E-state index in [4.69, 9.17) is 17.0 Å². The van der Waals surface area contributed by atoms with Gasteiger partial charge in [-0.3, -0.25) is 0 Å². The first-order valence-electron chi connectivity index (χ1n) is 6.55. The molecule has 1 aromatic rings. The number of hydrogen-bond donors (Lipinski definition) is 3. The number of likely N-dealkylation sites (N-methyl/N-ethyl adjacent to an activating group) is 1. The largest absolute Gasteiger partial charge is 0.497 e. The van der Waals surface area contributed by atoms with Crippen molar-refractivity contribution in [1.29, 1.82) is 0 Å². The minimum atomic E-state index is 0.731. The second kappa shape index (κ2) is 8.72. The molecule has 0 spiro atoms. The number of hydrogen-bond acceptors (Lipinski definition) is 2. The molecule has 4 nitrogen and oxygen atoms in total. The van der Waals surface area contributed by atoms with Crippen molar-refractivity contribution in [3.8, 4) is 5.75 Å². The molecule has 0 unspecified atom stereocenters. The predicted octanol–water partition coefficient (Wildman–Crippen LogP) is -0.154. The number of methoxy groups -OCH3 is 1. The van der Waals surface area contributed by atoms with Gasteiger partial charge < -0.3 is 20.3 Å². The summed E-state index contributed by atoms with van der Waals surface area (Å²) in [6, 6.07) is 8.11. The summed E-state index contributed by atoms with van der Waals surface area (Å²) in [5.74, 6) is 0.889. The number of ether oxygens (including phenoxy) is 1. The van der Waals surface area contributed by atoms with Crippen molar-refractivity contribution in [2.45, 2.75) is 6.42 Å². The first-order valence-corrected chi connectivity index (χ1v) is 6.96. The molecule has 106 valence electrons. The minimum Gasteiger partial charge on any atom is -0.497 e. The van der Waals surface area contributed by atoms with Crippen molar-refractivity contribution in [3.63, 3.8) is 0 Å². The van der Waals surface area contributed by atoms with Crippen LogP contribution in [0.3, 0.4) is 0 Å². The van der Waals surface area contributed by atoms with E-state index >= 15 is 0 Å². The monoisotopic (exact) mass is 282 g/mol. The van der Waals surface area contributed by atoms with Gasteiger partial charge in [0.1, 0.15) is 5.75 Å². The van der Waals surface area contributed by atoms with Gasteiger partial charge in [0, 0.05) is 6.54 Å². The van der Waals surface area contributed by atoms with Gasteiger partial charge in [-0.05, 0) is 36.3 Å².